The fourth-order valence-electron chi connectivity index (χ4n) is 3.74. The normalized spacial score (nSPS) is 26.0. The van der Waals surface area contributed by atoms with Gasteiger partial charge in [0.1, 0.15) is 6.26 Å². The van der Waals surface area contributed by atoms with Crippen molar-refractivity contribution < 1.29 is 14.0 Å². The lowest BCUT2D eigenvalue weighted by Gasteiger charge is -2.34. The van der Waals surface area contributed by atoms with E-state index in [0.717, 1.165) is 19.3 Å². The summed E-state index contributed by atoms with van der Waals surface area (Å²) in [5.41, 5.74) is 0.587. The molecule has 2 amide bonds. The van der Waals surface area contributed by atoms with Crippen molar-refractivity contribution in [1.29, 1.82) is 0 Å². The molecule has 1 saturated heterocycles. The standard InChI is InChI=1S/C18H26N2O3/c1-13-4-2-3-5-16(13)19-17(21)14-6-9-20(10-7-14)18(22)15-8-11-23-12-15/h8,11-14,16H,2-7,9-10H2,1H3,(H,19,21)/t13-,16+/m0/s1. The van der Waals surface area contributed by atoms with Gasteiger partial charge in [-0.05, 0) is 37.7 Å². The zero-order valence-electron chi connectivity index (χ0n) is 13.8. The first-order valence-corrected chi connectivity index (χ1v) is 8.77. The van der Waals surface area contributed by atoms with E-state index in [2.05, 4.69) is 12.2 Å². The minimum Gasteiger partial charge on any atom is -0.472 e. The van der Waals surface area contributed by atoms with Crippen LogP contribution in [0.1, 0.15) is 55.8 Å². The number of nitrogens with zero attached hydrogens (tertiary/aromatic N) is 1. The number of hydrogen-bond acceptors (Lipinski definition) is 3. The van der Waals surface area contributed by atoms with Gasteiger partial charge in [-0.25, -0.2) is 0 Å². The lowest BCUT2D eigenvalue weighted by molar-refractivity contribution is -0.127. The molecule has 5 heteroatoms. The van der Waals surface area contributed by atoms with Crippen molar-refractivity contribution in [3.8, 4) is 0 Å². The first-order chi connectivity index (χ1) is 11.1. The van der Waals surface area contributed by atoms with Crippen molar-refractivity contribution in [2.45, 2.75) is 51.5 Å². The Labute approximate surface area is 137 Å². The summed E-state index contributed by atoms with van der Waals surface area (Å²) >= 11 is 0. The monoisotopic (exact) mass is 318 g/mol. The van der Waals surface area contributed by atoms with Gasteiger partial charge in [-0.2, -0.15) is 0 Å². The van der Waals surface area contributed by atoms with Crippen LogP contribution in [0.3, 0.4) is 0 Å². The van der Waals surface area contributed by atoms with Crippen LogP contribution >= 0.6 is 0 Å². The van der Waals surface area contributed by atoms with Crippen molar-refractivity contribution >= 4 is 11.8 Å². The van der Waals surface area contributed by atoms with Crippen LogP contribution in [-0.4, -0.2) is 35.8 Å². The summed E-state index contributed by atoms with van der Waals surface area (Å²) in [7, 11) is 0. The molecular formula is C18H26N2O3. The number of carbonyl (C=O) groups is 2. The van der Waals surface area contributed by atoms with E-state index in [9.17, 15) is 9.59 Å². The van der Waals surface area contributed by atoms with Gasteiger partial charge in [0.2, 0.25) is 5.91 Å². The summed E-state index contributed by atoms with van der Waals surface area (Å²) in [6.07, 6.45) is 9.29. The van der Waals surface area contributed by atoms with E-state index in [1.54, 1.807) is 6.07 Å². The molecule has 3 rings (SSSR count). The van der Waals surface area contributed by atoms with Crippen molar-refractivity contribution in [1.82, 2.24) is 10.2 Å². The maximum absolute atomic E-state index is 12.5. The predicted octanol–water partition coefficient (Wildman–Crippen LogP) is 2.83. The number of furan rings is 1. The molecule has 1 N–H and O–H groups in total. The van der Waals surface area contributed by atoms with Gasteiger partial charge in [0, 0.05) is 25.0 Å². The van der Waals surface area contributed by atoms with Crippen LogP contribution in [0.4, 0.5) is 0 Å². The molecule has 1 saturated carbocycles. The molecule has 0 unspecified atom stereocenters. The van der Waals surface area contributed by atoms with E-state index >= 15 is 0 Å². The highest BCUT2D eigenvalue weighted by atomic mass is 16.3. The first kappa shape index (κ1) is 16.1. The maximum atomic E-state index is 12.5. The second-order valence-corrected chi connectivity index (χ2v) is 6.96. The highest BCUT2D eigenvalue weighted by Crippen LogP contribution is 2.25. The lowest BCUT2D eigenvalue weighted by atomic mass is 9.85. The van der Waals surface area contributed by atoms with E-state index in [4.69, 9.17) is 4.42 Å². The van der Waals surface area contributed by atoms with E-state index in [1.165, 1.54) is 31.8 Å². The van der Waals surface area contributed by atoms with Crippen molar-refractivity contribution in [3.63, 3.8) is 0 Å². The SMILES string of the molecule is C[C@H]1CCCC[C@H]1NC(=O)C1CCN(C(=O)c2ccoc2)CC1. The van der Waals surface area contributed by atoms with E-state index in [0.29, 0.717) is 30.6 Å². The quantitative estimate of drug-likeness (QED) is 0.932. The summed E-state index contributed by atoms with van der Waals surface area (Å²) in [6.45, 7) is 3.51. The highest BCUT2D eigenvalue weighted by Gasteiger charge is 2.30. The zero-order chi connectivity index (χ0) is 16.2. The van der Waals surface area contributed by atoms with Crippen LogP contribution in [0.2, 0.25) is 0 Å². The third-order valence-corrected chi connectivity index (χ3v) is 5.36. The molecule has 1 aliphatic heterocycles. The second kappa shape index (κ2) is 7.20. The number of rotatable bonds is 3. The van der Waals surface area contributed by atoms with Crippen molar-refractivity contribution in [2.24, 2.45) is 11.8 Å². The largest absolute Gasteiger partial charge is 0.472 e. The minimum absolute atomic E-state index is 0.00138. The molecule has 23 heavy (non-hydrogen) atoms. The van der Waals surface area contributed by atoms with Gasteiger partial charge >= 0.3 is 0 Å². The minimum atomic E-state index is -0.00138. The summed E-state index contributed by atoms with van der Waals surface area (Å²) in [4.78, 5) is 26.6. The molecule has 1 aromatic heterocycles. The van der Waals surface area contributed by atoms with Crippen LogP contribution in [0.25, 0.3) is 0 Å². The van der Waals surface area contributed by atoms with E-state index in [1.807, 2.05) is 4.90 Å². The fourth-order valence-corrected chi connectivity index (χ4v) is 3.74. The van der Waals surface area contributed by atoms with Gasteiger partial charge in [-0.1, -0.05) is 19.8 Å². The van der Waals surface area contributed by atoms with Crippen LogP contribution in [0, 0.1) is 11.8 Å². The summed E-state index contributed by atoms with van der Waals surface area (Å²) in [6, 6.07) is 2.02. The van der Waals surface area contributed by atoms with Crippen molar-refractivity contribution in [2.75, 3.05) is 13.1 Å². The molecule has 0 spiro atoms. The van der Waals surface area contributed by atoms with E-state index in [-0.39, 0.29) is 17.7 Å². The lowest BCUT2D eigenvalue weighted by Crippen LogP contribution is -2.47. The second-order valence-electron chi connectivity index (χ2n) is 6.96. The van der Waals surface area contributed by atoms with Gasteiger partial charge in [0.15, 0.2) is 0 Å². The molecule has 2 aliphatic rings. The molecule has 126 valence electrons. The van der Waals surface area contributed by atoms with E-state index < -0.39 is 0 Å². The third-order valence-electron chi connectivity index (χ3n) is 5.36. The molecular weight excluding hydrogens is 292 g/mol. The van der Waals surface area contributed by atoms with Gasteiger partial charge < -0.3 is 14.6 Å². The highest BCUT2D eigenvalue weighted by molar-refractivity contribution is 5.94. The molecule has 2 fully saturated rings. The maximum Gasteiger partial charge on any atom is 0.257 e. The van der Waals surface area contributed by atoms with Gasteiger partial charge in [-0.15, -0.1) is 0 Å². The molecule has 5 nitrogen and oxygen atoms in total. The number of hydrogen-bond donors (Lipinski definition) is 1. The van der Waals surface area contributed by atoms with Crippen LogP contribution in [0.5, 0.6) is 0 Å². The number of amides is 2. The Morgan fingerprint density at radius 2 is 1.91 bits per heavy atom. The first-order valence-electron chi connectivity index (χ1n) is 8.77. The molecule has 0 radical (unpaired) electrons. The Balaban J connectivity index is 1.48. The van der Waals surface area contributed by atoms with Crippen LogP contribution < -0.4 is 5.32 Å². The molecule has 2 heterocycles. The molecule has 0 bridgehead atoms. The zero-order valence-corrected chi connectivity index (χ0v) is 13.8. The van der Waals surface area contributed by atoms with Crippen LogP contribution in [0.15, 0.2) is 23.0 Å². The third kappa shape index (κ3) is 3.77. The number of piperidine rings is 1. The van der Waals surface area contributed by atoms with Crippen molar-refractivity contribution in [3.05, 3.63) is 24.2 Å². The molecule has 0 aromatic carbocycles. The molecule has 1 aromatic rings. The summed E-state index contributed by atoms with van der Waals surface area (Å²) < 4.78 is 4.97. The Morgan fingerprint density at radius 3 is 2.57 bits per heavy atom. The summed E-state index contributed by atoms with van der Waals surface area (Å²) in [5.74, 6) is 0.797. The average molecular weight is 318 g/mol. The van der Waals surface area contributed by atoms with Gasteiger partial charge in [0.05, 0.1) is 11.8 Å². The average Bonchev–Trinajstić information content (AvgIpc) is 3.11. The number of carbonyl (C=O) groups excluding carboxylic acids is 2. The fraction of sp³-hybridized carbons (Fsp3) is 0.667. The molecule has 1 aliphatic carbocycles. The topological polar surface area (TPSA) is 62.6 Å². The molecule has 2 atom stereocenters. The van der Waals surface area contributed by atoms with Gasteiger partial charge in [0.25, 0.3) is 5.91 Å². The Hall–Kier alpha value is -1.78. The predicted molar refractivity (Wildman–Crippen MR) is 86.9 cm³/mol. The number of nitrogens with one attached hydrogen (secondary N) is 1. The Morgan fingerprint density at radius 1 is 1.17 bits per heavy atom. The smallest absolute Gasteiger partial charge is 0.257 e. The number of likely N-dealkylation sites (tertiary alicyclic amines) is 1. The Kier molecular flexibility index (Phi) is 5.03. The summed E-state index contributed by atoms with van der Waals surface area (Å²) in [5, 5.41) is 3.25. The Bertz CT molecular complexity index is 532. The van der Waals surface area contributed by atoms with Crippen LogP contribution in [-0.2, 0) is 4.79 Å². The van der Waals surface area contributed by atoms with Gasteiger partial charge in [-0.3, -0.25) is 9.59 Å².